The van der Waals surface area contributed by atoms with E-state index in [2.05, 4.69) is 0 Å². The van der Waals surface area contributed by atoms with E-state index >= 15 is 0 Å². The molecule has 0 aromatic carbocycles. The molecule has 2 heterocycles. The zero-order valence-electron chi connectivity index (χ0n) is 30.6. The third-order valence-corrected chi connectivity index (χ3v) is 7.69. The van der Waals surface area contributed by atoms with Gasteiger partial charge in [0.05, 0.1) is 13.0 Å². The number of hydrogen-bond acceptors (Lipinski definition) is 10. The van der Waals surface area contributed by atoms with Crippen LogP contribution in [0.15, 0.2) is 16.5 Å². The van der Waals surface area contributed by atoms with Gasteiger partial charge < -0.3 is 23.6 Å². The van der Waals surface area contributed by atoms with Crippen LogP contribution in [0.4, 0.5) is 0 Å². The molecule has 1 fully saturated rings. The highest BCUT2D eigenvalue weighted by molar-refractivity contribution is 6.02. The molecule has 0 radical (unpaired) electrons. The van der Waals surface area contributed by atoms with Crippen molar-refractivity contribution in [1.29, 1.82) is 0 Å². The minimum atomic E-state index is -0.992. The lowest BCUT2D eigenvalue weighted by Gasteiger charge is -2.23. The van der Waals surface area contributed by atoms with Gasteiger partial charge in [-0.1, -0.05) is 64.2 Å². The fraction of sp³-hybridized carbons (Fsp3) is 0.730. The summed E-state index contributed by atoms with van der Waals surface area (Å²) >= 11 is 0. The van der Waals surface area contributed by atoms with Gasteiger partial charge in [-0.15, -0.1) is 5.06 Å². The normalized spacial score (nSPS) is 13.5. The molecule has 12 heteroatoms. The summed E-state index contributed by atoms with van der Waals surface area (Å²) < 4.78 is 16.3. The second kappa shape index (κ2) is 20.7. The number of esters is 2. The Hall–Kier alpha value is -3.70. The predicted octanol–water partition coefficient (Wildman–Crippen LogP) is 7.36. The maximum absolute atomic E-state index is 13.2. The van der Waals surface area contributed by atoms with Crippen LogP contribution >= 0.6 is 0 Å². The van der Waals surface area contributed by atoms with Gasteiger partial charge in [0, 0.05) is 32.2 Å². The van der Waals surface area contributed by atoms with E-state index in [-0.39, 0.29) is 50.0 Å². The van der Waals surface area contributed by atoms with Crippen LogP contribution in [0.3, 0.4) is 0 Å². The number of rotatable bonds is 22. The topological polar surface area (TPSA) is 150 Å². The van der Waals surface area contributed by atoms with Crippen molar-refractivity contribution in [2.75, 3.05) is 6.54 Å². The number of imide groups is 1. The summed E-state index contributed by atoms with van der Waals surface area (Å²) in [6.45, 7) is 11.1. The molecule has 1 saturated heterocycles. The molecule has 49 heavy (non-hydrogen) atoms. The van der Waals surface area contributed by atoms with Crippen LogP contribution in [0.25, 0.3) is 0 Å². The van der Waals surface area contributed by atoms with Crippen molar-refractivity contribution in [2.24, 2.45) is 0 Å². The fourth-order valence-corrected chi connectivity index (χ4v) is 5.32. The van der Waals surface area contributed by atoms with Crippen LogP contribution in [-0.4, -0.2) is 63.3 Å². The maximum atomic E-state index is 13.2. The summed E-state index contributed by atoms with van der Waals surface area (Å²) in [6.07, 6.45) is 13.6. The smallest absolute Gasteiger partial charge is 0.398 e. The lowest BCUT2D eigenvalue weighted by molar-refractivity contribution is -0.173. The van der Waals surface area contributed by atoms with Crippen LogP contribution < -0.4 is 0 Å². The number of unbranched alkanes of at least 4 members (excludes halogenated alkanes) is 11. The lowest BCUT2D eigenvalue weighted by atomic mass is 10.0. The molecule has 0 spiro atoms. The number of nitrogens with zero attached hydrogens (tertiary/aromatic N) is 2. The Morgan fingerprint density at radius 1 is 0.673 bits per heavy atom. The van der Waals surface area contributed by atoms with Crippen LogP contribution in [0.1, 0.15) is 167 Å². The molecule has 0 aliphatic carbocycles. The van der Waals surface area contributed by atoms with Crippen molar-refractivity contribution in [2.45, 2.75) is 168 Å². The van der Waals surface area contributed by atoms with Crippen LogP contribution in [-0.2, 0) is 44.8 Å². The number of carbonyl (C=O) groups excluding carboxylic acids is 6. The van der Waals surface area contributed by atoms with Crippen molar-refractivity contribution in [1.82, 2.24) is 9.96 Å². The molecule has 0 N–H and O–H groups in total. The van der Waals surface area contributed by atoms with E-state index in [9.17, 15) is 28.8 Å². The predicted molar refractivity (Wildman–Crippen MR) is 182 cm³/mol. The van der Waals surface area contributed by atoms with Crippen molar-refractivity contribution in [3.8, 4) is 0 Å². The largest absolute Gasteiger partial charge is 0.460 e. The lowest BCUT2D eigenvalue weighted by Crippen LogP contribution is -2.34. The molecular weight excluding hydrogens is 632 g/mol. The first-order valence-corrected chi connectivity index (χ1v) is 17.9. The first kappa shape index (κ1) is 41.5. The van der Waals surface area contributed by atoms with Gasteiger partial charge in [0.2, 0.25) is 11.7 Å². The van der Waals surface area contributed by atoms with Crippen LogP contribution in [0.2, 0.25) is 0 Å². The van der Waals surface area contributed by atoms with E-state index in [0.29, 0.717) is 23.7 Å². The van der Waals surface area contributed by atoms with E-state index in [4.69, 9.17) is 18.7 Å². The average molecular weight is 691 g/mol. The van der Waals surface area contributed by atoms with Gasteiger partial charge in [0.25, 0.3) is 11.8 Å². The quantitative estimate of drug-likeness (QED) is 0.0686. The number of ether oxygens (including phenoxy) is 2. The molecule has 1 aliphatic rings. The van der Waals surface area contributed by atoms with Crippen molar-refractivity contribution >= 4 is 35.6 Å². The van der Waals surface area contributed by atoms with Gasteiger partial charge >= 0.3 is 17.9 Å². The molecule has 2 rings (SSSR count). The average Bonchev–Trinajstić information content (AvgIpc) is 3.59. The zero-order chi connectivity index (χ0) is 36.5. The van der Waals surface area contributed by atoms with Crippen LogP contribution in [0.5, 0.6) is 0 Å². The Morgan fingerprint density at radius 2 is 1.12 bits per heavy atom. The summed E-state index contributed by atoms with van der Waals surface area (Å²) in [6, 6.07) is 2.87. The molecule has 0 bridgehead atoms. The van der Waals surface area contributed by atoms with Gasteiger partial charge in [0.15, 0.2) is 0 Å². The molecule has 0 atom stereocenters. The Labute approximate surface area is 291 Å². The number of hydroxylamine groups is 2. The SMILES string of the molecule is CC(C)(C)OC(=O)CCCCCCCCCCCCCCC(=O)N(CCC(=O)OC(C)(C)C)Cc1ccc(C(=O)ON2C(=O)CCC2=O)o1. The van der Waals surface area contributed by atoms with Gasteiger partial charge in [-0.2, -0.15) is 0 Å². The van der Waals surface area contributed by atoms with Crippen molar-refractivity contribution in [3.63, 3.8) is 0 Å². The van der Waals surface area contributed by atoms with E-state index in [0.717, 1.165) is 51.4 Å². The molecule has 0 saturated carbocycles. The third kappa shape index (κ3) is 18.0. The van der Waals surface area contributed by atoms with E-state index in [1.165, 1.54) is 42.7 Å². The van der Waals surface area contributed by atoms with Gasteiger partial charge in [0.1, 0.15) is 17.0 Å². The van der Waals surface area contributed by atoms with Crippen LogP contribution in [0, 0.1) is 0 Å². The molecule has 1 aromatic heterocycles. The maximum Gasteiger partial charge on any atom is 0.398 e. The minimum Gasteiger partial charge on any atom is -0.460 e. The van der Waals surface area contributed by atoms with E-state index in [1.54, 1.807) is 20.8 Å². The van der Waals surface area contributed by atoms with Crippen molar-refractivity contribution in [3.05, 3.63) is 23.7 Å². The molecule has 12 nitrogen and oxygen atoms in total. The zero-order valence-corrected chi connectivity index (χ0v) is 30.6. The summed E-state index contributed by atoms with van der Waals surface area (Å²) in [5.74, 6) is -2.78. The Bertz CT molecular complexity index is 1220. The molecule has 276 valence electrons. The highest BCUT2D eigenvalue weighted by atomic mass is 16.7. The summed E-state index contributed by atoms with van der Waals surface area (Å²) in [5, 5.41) is 0.446. The van der Waals surface area contributed by atoms with E-state index < -0.39 is 35.0 Å². The second-order valence-electron chi connectivity index (χ2n) is 14.7. The molecular formula is C37H58N2O10. The summed E-state index contributed by atoms with van der Waals surface area (Å²) in [7, 11) is 0. The van der Waals surface area contributed by atoms with Crippen molar-refractivity contribution < 1.29 is 47.5 Å². The number of hydrogen-bond donors (Lipinski definition) is 0. The highest BCUT2D eigenvalue weighted by Gasteiger charge is 2.34. The molecule has 0 unspecified atom stereocenters. The van der Waals surface area contributed by atoms with Gasteiger partial charge in [-0.3, -0.25) is 24.0 Å². The van der Waals surface area contributed by atoms with Gasteiger partial charge in [-0.25, -0.2) is 4.79 Å². The second-order valence-corrected chi connectivity index (χ2v) is 14.7. The summed E-state index contributed by atoms with van der Waals surface area (Å²) in [4.78, 5) is 79.8. The first-order chi connectivity index (χ1) is 23.0. The standard InChI is InChI=1S/C37H58N2O10/c1-36(2,3)47-33(43)20-18-16-14-12-10-8-7-9-11-13-15-17-19-30(40)38(26-25-34(44)48-37(4,5)6)27-28-21-22-29(46-28)35(45)49-39-31(41)23-24-32(39)42/h21-22H,7-20,23-27H2,1-6H3. The highest BCUT2D eigenvalue weighted by Crippen LogP contribution is 2.19. The number of carbonyl (C=O) groups is 6. The number of furan rings is 1. The summed E-state index contributed by atoms with van der Waals surface area (Å²) in [5.41, 5.74) is -1.07. The Morgan fingerprint density at radius 3 is 1.61 bits per heavy atom. The minimum absolute atomic E-state index is 0.00385. The fourth-order valence-electron chi connectivity index (χ4n) is 5.32. The Kier molecular flexibility index (Phi) is 17.5. The Balaban J connectivity index is 1.69. The molecule has 3 amide bonds. The van der Waals surface area contributed by atoms with Gasteiger partial charge in [-0.05, 0) is 66.5 Å². The monoisotopic (exact) mass is 690 g/mol. The number of amides is 3. The molecule has 1 aromatic rings. The molecule has 1 aliphatic heterocycles. The third-order valence-electron chi connectivity index (χ3n) is 7.69. The first-order valence-electron chi connectivity index (χ1n) is 17.9. The van der Waals surface area contributed by atoms with E-state index in [1.807, 2.05) is 20.8 Å².